The number of para-hydroxylation sites is 3. The number of amides is 1. The zero-order chi connectivity index (χ0) is 21.5. The van der Waals surface area contributed by atoms with Crippen LogP contribution in [0.25, 0.3) is 0 Å². The molecule has 0 saturated heterocycles. The second kappa shape index (κ2) is 9.37. The van der Waals surface area contributed by atoms with Crippen molar-refractivity contribution in [3.05, 3.63) is 88.4 Å². The molecule has 3 aromatic rings. The van der Waals surface area contributed by atoms with Crippen molar-refractivity contribution >= 4 is 28.9 Å². The van der Waals surface area contributed by atoms with Crippen molar-refractivity contribution in [3.8, 4) is 0 Å². The Kier molecular flexibility index (Phi) is 6.43. The summed E-state index contributed by atoms with van der Waals surface area (Å²) in [5.41, 5.74) is 0.535. The van der Waals surface area contributed by atoms with Crippen molar-refractivity contribution in [2.45, 2.75) is 19.6 Å². The van der Waals surface area contributed by atoms with Crippen LogP contribution in [0.1, 0.15) is 23.0 Å². The number of benzene rings is 2. The minimum atomic E-state index is -1.17. The molecule has 0 bridgehead atoms. The number of anilines is 2. The molecule has 1 aromatic heterocycles. The van der Waals surface area contributed by atoms with Crippen LogP contribution in [-0.4, -0.2) is 22.9 Å². The van der Waals surface area contributed by atoms with Gasteiger partial charge in [0.05, 0.1) is 23.3 Å². The van der Waals surface area contributed by atoms with Crippen LogP contribution >= 0.6 is 0 Å². The van der Waals surface area contributed by atoms with E-state index in [4.69, 9.17) is 9.15 Å². The van der Waals surface area contributed by atoms with Crippen LogP contribution in [0.15, 0.2) is 71.3 Å². The number of nitro benzene ring substituents is 1. The van der Waals surface area contributed by atoms with E-state index in [0.29, 0.717) is 18.0 Å². The van der Waals surface area contributed by atoms with Gasteiger partial charge in [0.2, 0.25) is 0 Å². The summed E-state index contributed by atoms with van der Waals surface area (Å²) in [6.45, 7) is 1.76. The maximum atomic E-state index is 12.6. The first kappa shape index (κ1) is 20.6. The lowest BCUT2D eigenvalue weighted by molar-refractivity contribution is -0.383. The van der Waals surface area contributed by atoms with Crippen LogP contribution in [-0.2, 0) is 16.1 Å². The number of furan rings is 1. The first-order valence-corrected chi connectivity index (χ1v) is 9.06. The predicted molar refractivity (Wildman–Crippen MR) is 109 cm³/mol. The molecule has 9 heteroatoms. The number of ether oxygens (including phenoxy) is 1. The Morgan fingerprint density at radius 1 is 1.07 bits per heavy atom. The van der Waals surface area contributed by atoms with Gasteiger partial charge in [0.15, 0.2) is 6.10 Å². The third-order valence-corrected chi connectivity index (χ3v) is 4.19. The smallest absolute Gasteiger partial charge is 0.341 e. The summed E-state index contributed by atoms with van der Waals surface area (Å²) in [6.07, 6.45) is 0.379. The summed E-state index contributed by atoms with van der Waals surface area (Å²) in [5.74, 6) is -0.697. The molecule has 0 unspecified atom stereocenters. The monoisotopic (exact) mass is 409 g/mol. The summed E-state index contributed by atoms with van der Waals surface area (Å²) >= 11 is 0. The fourth-order valence-corrected chi connectivity index (χ4v) is 2.66. The Morgan fingerprint density at radius 2 is 1.77 bits per heavy atom. The molecule has 9 nitrogen and oxygen atoms in total. The van der Waals surface area contributed by atoms with Crippen molar-refractivity contribution < 1.29 is 23.7 Å². The van der Waals surface area contributed by atoms with E-state index in [1.54, 1.807) is 48.7 Å². The molecular formula is C21H19N3O6. The number of rotatable bonds is 8. The Hall–Kier alpha value is -4.14. The highest BCUT2D eigenvalue weighted by atomic mass is 16.6. The number of esters is 1. The Bertz CT molecular complexity index is 1050. The van der Waals surface area contributed by atoms with Crippen LogP contribution in [0.4, 0.5) is 17.1 Å². The highest BCUT2D eigenvalue weighted by Crippen LogP contribution is 2.24. The highest BCUT2D eigenvalue weighted by molar-refractivity contribution is 6.00. The lowest BCUT2D eigenvalue weighted by Gasteiger charge is -2.15. The molecule has 3 rings (SSSR count). The van der Waals surface area contributed by atoms with E-state index in [1.807, 2.05) is 0 Å². The van der Waals surface area contributed by atoms with Gasteiger partial charge in [-0.05, 0) is 37.3 Å². The molecule has 0 fully saturated rings. The van der Waals surface area contributed by atoms with Crippen LogP contribution < -0.4 is 10.6 Å². The second-order valence-corrected chi connectivity index (χ2v) is 6.29. The lowest BCUT2D eigenvalue weighted by atomic mass is 10.1. The first-order chi connectivity index (χ1) is 14.5. The van der Waals surface area contributed by atoms with E-state index >= 15 is 0 Å². The van der Waals surface area contributed by atoms with Crippen molar-refractivity contribution in [1.82, 2.24) is 0 Å². The zero-order valence-corrected chi connectivity index (χ0v) is 16.0. The topological polar surface area (TPSA) is 124 Å². The molecular weight excluding hydrogens is 390 g/mol. The molecule has 0 spiro atoms. The molecule has 30 heavy (non-hydrogen) atoms. The van der Waals surface area contributed by atoms with Crippen LogP contribution in [0.5, 0.6) is 0 Å². The predicted octanol–water partition coefficient (Wildman–Crippen LogP) is 3.98. The standard InChI is InChI=1S/C21H19N3O6/c1-14(20(25)23-18-10-4-5-11-19(18)24(27)28)30-21(26)16-8-2-3-9-17(16)22-13-15-7-6-12-29-15/h2-12,14,22H,13H2,1H3,(H,23,25)/t14-/m1/s1. The molecule has 0 radical (unpaired) electrons. The third kappa shape index (κ3) is 5.02. The molecule has 1 heterocycles. The fraction of sp³-hybridized carbons (Fsp3) is 0.143. The van der Waals surface area contributed by atoms with E-state index in [-0.39, 0.29) is 16.9 Å². The van der Waals surface area contributed by atoms with Gasteiger partial charge >= 0.3 is 5.97 Å². The number of nitrogens with zero attached hydrogens (tertiary/aromatic N) is 1. The maximum Gasteiger partial charge on any atom is 0.341 e. The largest absolute Gasteiger partial charge is 0.467 e. The molecule has 0 aliphatic heterocycles. The Labute approximate surface area is 171 Å². The highest BCUT2D eigenvalue weighted by Gasteiger charge is 2.23. The average molecular weight is 409 g/mol. The summed E-state index contributed by atoms with van der Waals surface area (Å²) in [6, 6.07) is 16.0. The average Bonchev–Trinajstić information content (AvgIpc) is 3.26. The molecule has 1 amide bonds. The van der Waals surface area contributed by atoms with Crippen molar-refractivity contribution in [2.75, 3.05) is 10.6 Å². The molecule has 0 aliphatic rings. The van der Waals surface area contributed by atoms with E-state index in [2.05, 4.69) is 10.6 Å². The van der Waals surface area contributed by atoms with Gasteiger partial charge in [-0.1, -0.05) is 24.3 Å². The van der Waals surface area contributed by atoms with Gasteiger partial charge < -0.3 is 19.8 Å². The second-order valence-electron chi connectivity index (χ2n) is 6.29. The van der Waals surface area contributed by atoms with E-state index in [9.17, 15) is 19.7 Å². The van der Waals surface area contributed by atoms with Gasteiger partial charge in [0, 0.05) is 11.8 Å². The Morgan fingerprint density at radius 3 is 2.47 bits per heavy atom. The SMILES string of the molecule is C[C@@H](OC(=O)c1ccccc1NCc1ccco1)C(=O)Nc1ccccc1[N+](=O)[O-]. The lowest BCUT2D eigenvalue weighted by Crippen LogP contribution is -2.30. The number of carbonyl (C=O) groups excluding carboxylic acids is 2. The van der Waals surface area contributed by atoms with Gasteiger partial charge in [-0.15, -0.1) is 0 Å². The molecule has 0 aliphatic carbocycles. The van der Waals surface area contributed by atoms with Crippen molar-refractivity contribution in [1.29, 1.82) is 0 Å². The number of nitro groups is 1. The number of carbonyl (C=O) groups is 2. The summed E-state index contributed by atoms with van der Waals surface area (Å²) < 4.78 is 10.5. The van der Waals surface area contributed by atoms with E-state index in [0.717, 1.165) is 0 Å². The molecule has 2 aromatic carbocycles. The van der Waals surface area contributed by atoms with Gasteiger partial charge in [0.25, 0.3) is 11.6 Å². The zero-order valence-electron chi connectivity index (χ0n) is 16.0. The van der Waals surface area contributed by atoms with Gasteiger partial charge in [-0.25, -0.2) is 4.79 Å². The Balaban J connectivity index is 1.66. The number of hydrogen-bond acceptors (Lipinski definition) is 7. The van der Waals surface area contributed by atoms with E-state index < -0.39 is 22.9 Å². The minimum Gasteiger partial charge on any atom is -0.467 e. The molecule has 1 atom stereocenters. The normalized spacial score (nSPS) is 11.4. The van der Waals surface area contributed by atoms with Gasteiger partial charge in [-0.2, -0.15) is 0 Å². The summed E-state index contributed by atoms with van der Waals surface area (Å²) in [4.78, 5) is 35.4. The minimum absolute atomic E-state index is 0.0240. The molecule has 2 N–H and O–H groups in total. The molecule has 0 saturated carbocycles. The third-order valence-electron chi connectivity index (χ3n) is 4.19. The quantitative estimate of drug-likeness (QED) is 0.327. The maximum absolute atomic E-state index is 12.6. The van der Waals surface area contributed by atoms with Crippen LogP contribution in [0.2, 0.25) is 0 Å². The van der Waals surface area contributed by atoms with Gasteiger partial charge in [-0.3, -0.25) is 14.9 Å². The van der Waals surface area contributed by atoms with Crippen LogP contribution in [0.3, 0.4) is 0 Å². The van der Waals surface area contributed by atoms with Crippen molar-refractivity contribution in [3.63, 3.8) is 0 Å². The van der Waals surface area contributed by atoms with Gasteiger partial charge in [0.1, 0.15) is 11.4 Å². The summed E-state index contributed by atoms with van der Waals surface area (Å²) in [7, 11) is 0. The van der Waals surface area contributed by atoms with Crippen molar-refractivity contribution in [2.24, 2.45) is 0 Å². The van der Waals surface area contributed by atoms with E-state index in [1.165, 1.54) is 25.1 Å². The fourth-order valence-electron chi connectivity index (χ4n) is 2.66. The summed E-state index contributed by atoms with van der Waals surface area (Å²) in [5, 5.41) is 16.6. The van der Waals surface area contributed by atoms with Crippen LogP contribution in [0, 0.1) is 10.1 Å². The number of hydrogen-bond donors (Lipinski definition) is 2. The molecule has 154 valence electrons. The first-order valence-electron chi connectivity index (χ1n) is 9.06. The number of nitrogens with one attached hydrogen (secondary N) is 2.